The zero-order chi connectivity index (χ0) is 9.19. The zero-order valence-electron chi connectivity index (χ0n) is 6.86. The minimum atomic E-state index is -2.69. The maximum absolute atomic E-state index is 12.7. The van der Waals surface area contributed by atoms with Gasteiger partial charge in [-0.05, 0) is 0 Å². The van der Waals surface area contributed by atoms with Crippen molar-refractivity contribution in [2.75, 3.05) is 13.1 Å². The first kappa shape index (κ1) is 9.38. The largest absolute Gasteiger partial charge is 0.352 e. The average Bonchev–Trinajstić information content (AvgIpc) is 1.82. The van der Waals surface area contributed by atoms with Crippen molar-refractivity contribution in [3.05, 3.63) is 0 Å². The normalized spacial score (nSPS) is 28.1. The molecule has 1 saturated heterocycles. The Kier molecular flexibility index (Phi) is 2.62. The van der Waals surface area contributed by atoms with Crippen LogP contribution < -0.4 is 10.6 Å². The summed E-state index contributed by atoms with van der Waals surface area (Å²) in [6.45, 7) is 1.46. The van der Waals surface area contributed by atoms with Gasteiger partial charge in [0.15, 0.2) is 0 Å². The Morgan fingerprint density at radius 2 is 2.33 bits per heavy atom. The van der Waals surface area contributed by atoms with Crippen LogP contribution in [0, 0.1) is 0 Å². The van der Waals surface area contributed by atoms with Gasteiger partial charge in [0.05, 0.1) is 6.54 Å². The number of piperidine rings is 1. The molecule has 1 unspecified atom stereocenters. The second-order valence-electron chi connectivity index (χ2n) is 3.09. The monoisotopic (exact) mass is 178 g/mol. The van der Waals surface area contributed by atoms with Crippen molar-refractivity contribution in [1.82, 2.24) is 10.6 Å². The van der Waals surface area contributed by atoms with Crippen molar-refractivity contribution >= 4 is 5.91 Å². The first-order valence-corrected chi connectivity index (χ1v) is 3.85. The Hall–Kier alpha value is -0.710. The standard InChI is InChI=1S/C7H12F2N2O/c1-5(12)11-6-2-7(8,9)4-10-3-6/h6,10H,2-4H2,1H3,(H,11,12). The fourth-order valence-electron chi connectivity index (χ4n) is 1.32. The lowest BCUT2D eigenvalue weighted by molar-refractivity contribution is -0.120. The molecule has 1 heterocycles. The Balaban J connectivity index is 2.41. The molecule has 70 valence electrons. The van der Waals surface area contributed by atoms with Gasteiger partial charge in [0, 0.05) is 25.9 Å². The van der Waals surface area contributed by atoms with E-state index in [1.807, 2.05) is 0 Å². The summed E-state index contributed by atoms with van der Waals surface area (Å²) < 4.78 is 25.4. The molecule has 1 rings (SSSR count). The van der Waals surface area contributed by atoms with Gasteiger partial charge in [-0.1, -0.05) is 0 Å². The van der Waals surface area contributed by atoms with Crippen LogP contribution in [-0.2, 0) is 4.79 Å². The lowest BCUT2D eigenvalue weighted by Gasteiger charge is -2.29. The molecule has 3 nitrogen and oxygen atoms in total. The van der Waals surface area contributed by atoms with Crippen LogP contribution in [0.4, 0.5) is 8.78 Å². The fraction of sp³-hybridized carbons (Fsp3) is 0.857. The topological polar surface area (TPSA) is 41.1 Å². The van der Waals surface area contributed by atoms with E-state index >= 15 is 0 Å². The van der Waals surface area contributed by atoms with E-state index in [4.69, 9.17) is 0 Å². The highest BCUT2D eigenvalue weighted by molar-refractivity contribution is 5.73. The molecular weight excluding hydrogens is 166 g/mol. The van der Waals surface area contributed by atoms with Gasteiger partial charge in [-0.2, -0.15) is 0 Å². The Morgan fingerprint density at radius 3 is 2.83 bits per heavy atom. The third kappa shape index (κ3) is 2.73. The van der Waals surface area contributed by atoms with Crippen LogP contribution in [0.5, 0.6) is 0 Å². The summed E-state index contributed by atoms with van der Waals surface area (Å²) in [6.07, 6.45) is -0.264. The van der Waals surface area contributed by atoms with Crippen LogP contribution in [0.1, 0.15) is 13.3 Å². The minimum Gasteiger partial charge on any atom is -0.352 e. The molecule has 0 saturated carbocycles. The first-order chi connectivity index (χ1) is 5.49. The molecule has 5 heteroatoms. The van der Waals surface area contributed by atoms with E-state index < -0.39 is 12.0 Å². The number of rotatable bonds is 1. The van der Waals surface area contributed by atoms with Gasteiger partial charge < -0.3 is 10.6 Å². The van der Waals surface area contributed by atoms with Crippen LogP contribution in [0.15, 0.2) is 0 Å². The van der Waals surface area contributed by atoms with Gasteiger partial charge in [0.2, 0.25) is 5.91 Å². The predicted molar refractivity (Wildman–Crippen MR) is 40.0 cm³/mol. The van der Waals surface area contributed by atoms with E-state index in [2.05, 4.69) is 10.6 Å². The average molecular weight is 178 g/mol. The van der Waals surface area contributed by atoms with Crippen LogP contribution in [0.3, 0.4) is 0 Å². The molecule has 1 fully saturated rings. The van der Waals surface area contributed by atoms with Crippen molar-refractivity contribution < 1.29 is 13.6 Å². The number of carbonyl (C=O) groups excluding carboxylic acids is 1. The van der Waals surface area contributed by atoms with E-state index in [1.165, 1.54) is 6.92 Å². The van der Waals surface area contributed by atoms with Crippen molar-refractivity contribution in [3.63, 3.8) is 0 Å². The highest BCUT2D eigenvalue weighted by atomic mass is 19.3. The summed E-state index contributed by atoms with van der Waals surface area (Å²) in [5.74, 6) is -2.95. The van der Waals surface area contributed by atoms with Crippen LogP contribution in [0.2, 0.25) is 0 Å². The zero-order valence-corrected chi connectivity index (χ0v) is 6.86. The Morgan fingerprint density at radius 1 is 1.67 bits per heavy atom. The van der Waals surface area contributed by atoms with Gasteiger partial charge >= 0.3 is 0 Å². The highest BCUT2D eigenvalue weighted by Crippen LogP contribution is 2.22. The molecule has 0 aliphatic carbocycles. The van der Waals surface area contributed by atoms with E-state index in [-0.39, 0.29) is 18.9 Å². The van der Waals surface area contributed by atoms with Crippen molar-refractivity contribution in [1.29, 1.82) is 0 Å². The van der Waals surface area contributed by atoms with Gasteiger partial charge in [-0.25, -0.2) is 8.78 Å². The molecule has 0 bridgehead atoms. The van der Waals surface area contributed by atoms with Gasteiger partial charge in [0.25, 0.3) is 5.92 Å². The second-order valence-corrected chi connectivity index (χ2v) is 3.09. The van der Waals surface area contributed by atoms with Crippen molar-refractivity contribution in [2.45, 2.75) is 25.3 Å². The molecule has 0 radical (unpaired) electrons. The summed E-state index contributed by atoms with van der Waals surface area (Å²) in [5.41, 5.74) is 0. The quantitative estimate of drug-likeness (QED) is 0.598. The lowest BCUT2D eigenvalue weighted by Crippen LogP contribution is -2.53. The van der Waals surface area contributed by atoms with Crippen molar-refractivity contribution in [2.24, 2.45) is 0 Å². The number of hydrogen-bond acceptors (Lipinski definition) is 2. The number of alkyl halides is 2. The number of carbonyl (C=O) groups is 1. The van der Waals surface area contributed by atoms with E-state index in [0.29, 0.717) is 6.54 Å². The maximum atomic E-state index is 12.7. The third-order valence-corrected chi connectivity index (χ3v) is 1.73. The Bertz CT molecular complexity index is 184. The number of amides is 1. The molecule has 0 spiro atoms. The molecule has 12 heavy (non-hydrogen) atoms. The molecule has 2 N–H and O–H groups in total. The number of hydrogen-bond donors (Lipinski definition) is 2. The van der Waals surface area contributed by atoms with Gasteiger partial charge in [-0.15, -0.1) is 0 Å². The Labute approximate surface area is 69.5 Å². The minimum absolute atomic E-state index is 0.264. The van der Waals surface area contributed by atoms with Crippen LogP contribution >= 0.6 is 0 Å². The van der Waals surface area contributed by atoms with E-state index in [0.717, 1.165) is 0 Å². The van der Waals surface area contributed by atoms with Gasteiger partial charge in [0.1, 0.15) is 0 Å². The first-order valence-electron chi connectivity index (χ1n) is 3.85. The molecule has 0 aromatic heterocycles. The molecule has 0 aromatic rings. The maximum Gasteiger partial charge on any atom is 0.262 e. The van der Waals surface area contributed by atoms with Crippen LogP contribution in [0.25, 0.3) is 0 Å². The molecular formula is C7H12F2N2O. The molecule has 0 aromatic carbocycles. The summed E-state index contributed by atoms with van der Waals surface area (Å²) in [5, 5.41) is 5.02. The lowest BCUT2D eigenvalue weighted by atomic mass is 10.0. The smallest absolute Gasteiger partial charge is 0.262 e. The summed E-state index contributed by atoms with van der Waals surface area (Å²) in [7, 11) is 0. The summed E-state index contributed by atoms with van der Waals surface area (Å²) >= 11 is 0. The fourth-order valence-corrected chi connectivity index (χ4v) is 1.32. The summed E-state index contributed by atoms with van der Waals surface area (Å²) in [4.78, 5) is 10.5. The number of halogens is 2. The van der Waals surface area contributed by atoms with Crippen molar-refractivity contribution in [3.8, 4) is 0 Å². The molecule has 1 aliphatic heterocycles. The highest BCUT2D eigenvalue weighted by Gasteiger charge is 2.36. The third-order valence-electron chi connectivity index (χ3n) is 1.73. The predicted octanol–water partition coefficient (Wildman–Crippen LogP) is 0.120. The summed E-state index contributed by atoms with van der Waals surface area (Å²) in [6, 6.07) is -0.439. The molecule has 1 amide bonds. The number of nitrogens with one attached hydrogen (secondary N) is 2. The van der Waals surface area contributed by atoms with E-state index in [1.54, 1.807) is 0 Å². The van der Waals surface area contributed by atoms with E-state index in [9.17, 15) is 13.6 Å². The van der Waals surface area contributed by atoms with Gasteiger partial charge in [-0.3, -0.25) is 4.79 Å². The SMILES string of the molecule is CC(=O)NC1CNCC(F)(F)C1. The molecule has 1 atom stereocenters. The molecule has 1 aliphatic rings. The second kappa shape index (κ2) is 3.35. The van der Waals surface area contributed by atoms with Crippen LogP contribution in [-0.4, -0.2) is 31.0 Å².